The molecule has 96 valence electrons. The zero-order valence-corrected chi connectivity index (χ0v) is 11.3. The summed E-state index contributed by atoms with van der Waals surface area (Å²) in [4.78, 5) is 9.16. The van der Waals surface area contributed by atoms with Gasteiger partial charge in [0.2, 0.25) is 0 Å². The number of aryl methyl sites for hydroxylation is 3. The lowest BCUT2D eigenvalue weighted by atomic mass is 9.98. The summed E-state index contributed by atoms with van der Waals surface area (Å²) in [5.74, 6) is 1.85. The Morgan fingerprint density at radius 2 is 1.83 bits per heavy atom. The predicted octanol–water partition coefficient (Wildman–Crippen LogP) is 2.72. The van der Waals surface area contributed by atoms with Crippen molar-refractivity contribution in [1.82, 2.24) is 9.97 Å². The topological polar surface area (TPSA) is 64.9 Å². The first kappa shape index (κ1) is 12.8. The van der Waals surface area contributed by atoms with E-state index in [1.807, 2.05) is 26.8 Å². The lowest BCUT2D eigenvalue weighted by molar-refractivity contribution is 0.535. The van der Waals surface area contributed by atoms with Gasteiger partial charge < -0.3 is 10.2 Å². The smallest absolute Gasteiger partial charge is 0.163 e. The second-order valence-electron chi connectivity index (χ2n) is 4.66. The predicted molar refractivity (Wildman–Crippen MR) is 71.4 cm³/mol. The fraction of sp³-hybridized carbons (Fsp3) is 0.429. The van der Waals surface area contributed by atoms with Crippen LogP contribution in [-0.4, -0.2) is 16.5 Å². The van der Waals surface area contributed by atoms with Gasteiger partial charge in [0, 0.05) is 11.4 Å². The molecule has 0 aromatic carbocycles. The minimum absolute atomic E-state index is 0.282. The maximum Gasteiger partial charge on any atom is 0.163 e. The van der Waals surface area contributed by atoms with Gasteiger partial charge in [0.05, 0.1) is 11.8 Å². The number of aromatic nitrogens is 2. The molecule has 1 unspecified atom stereocenters. The standard InChI is InChI=1S/C14H19N3O/c1-8(7-15)13-9(2)16-14(17-10(13)3)12-5-6-18-11(12)4/h5-6,8H,7,15H2,1-4H3. The van der Waals surface area contributed by atoms with Crippen molar-refractivity contribution in [3.8, 4) is 11.4 Å². The van der Waals surface area contributed by atoms with Crippen LogP contribution in [-0.2, 0) is 0 Å². The molecule has 2 aromatic heterocycles. The number of hydrogen-bond donors (Lipinski definition) is 1. The summed E-state index contributed by atoms with van der Waals surface area (Å²) in [6.45, 7) is 8.64. The fourth-order valence-corrected chi connectivity index (χ4v) is 2.29. The first-order valence-corrected chi connectivity index (χ1v) is 6.14. The first-order chi connectivity index (χ1) is 8.54. The van der Waals surface area contributed by atoms with Crippen LogP contribution in [0.5, 0.6) is 0 Å². The van der Waals surface area contributed by atoms with Crippen molar-refractivity contribution < 1.29 is 4.42 Å². The molecule has 2 N–H and O–H groups in total. The molecule has 0 spiro atoms. The van der Waals surface area contributed by atoms with Gasteiger partial charge in [0.15, 0.2) is 5.82 Å². The number of nitrogens with two attached hydrogens (primary N) is 1. The minimum atomic E-state index is 0.282. The van der Waals surface area contributed by atoms with Crippen molar-refractivity contribution in [2.45, 2.75) is 33.6 Å². The molecule has 0 saturated carbocycles. The Bertz CT molecular complexity index is 537. The second-order valence-corrected chi connectivity index (χ2v) is 4.66. The van der Waals surface area contributed by atoms with Crippen molar-refractivity contribution in [3.63, 3.8) is 0 Å². The number of furan rings is 1. The van der Waals surface area contributed by atoms with Gasteiger partial charge in [-0.1, -0.05) is 6.92 Å². The van der Waals surface area contributed by atoms with Gasteiger partial charge in [-0.2, -0.15) is 0 Å². The van der Waals surface area contributed by atoms with Crippen LogP contribution in [0.4, 0.5) is 0 Å². The van der Waals surface area contributed by atoms with E-state index in [0.717, 1.165) is 34.1 Å². The fourth-order valence-electron chi connectivity index (χ4n) is 2.29. The van der Waals surface area contributed by atoms with E-state index in [1.165, 1.54) is 0 Å². The van der Waals surface area contributed by atoms with E-state index in [-0.39, 0.29) is 5.92 Å². The van der Waals surface area contributed by atoms with Gasteiger partial charge >= 0.3 is 0 Å². The zero-order valence-electron chi connectivity index (χ0n) is 11.3. The molecule has 4 heteroatoms. The van der Waals surface area contributed by atoms with Crippen molar-refractivity contribution >= 4 is 0 Å². The normalized spacial score (nSPS) is 12.7. The van der Waals surface area contributed by atoms with E-state index in [9.17, 15) is 0 Å². The van der Waals surface area contributed by atoms with E-state index in [0.29, 0.717) is 6.54 Å². The average Bonchev–Trinajstić information content (AvgIpc) is 2.74. The highest BCUT2D eigenvalue weighted by Crippen LogP contribution is 2.26. The van der Waals surface area contributed by atoms with Crippen LogP contribution in [0.3, 0.4) is 0 Å². The van der Waals surface area contributed by atoms with Crippen LogP contribution in [0.15, 0.2) is 16.7 Å². The molecular weight excluding hydrogens is 226 g/mol. The van der Waals surface area contributed by atoms with Crippen molar-refractivity contribution in [1.29, 1.82) is 0 Å². The summed E-state index contributed by atoms with van der Waals surface area (Å²) in [7, 11) is 0. The Labute approximate surface area is 107 Å². The molecule has 2 rings (SSSR count). The molecule has 0 saturated heterocycles. The van der Waals surface area contributed by atoms with E-state index in [2.05, 4.69) is 16.9 Å². The zero-order chi connectivity index (χ0) is 13.3. The van der Waals surface area contributed by atoms with Crippen LogP contribution in [0.2, 0.25) is 0 Å². The monoisotopic (exact) mass is 245 g/mol. The molecule has 0 bridgehead atoms. The van der Waals surface area contributed by atoms with E-state index in [4.69, 9.17) is 10.2 Å². The third kappa shape index (κ3) is 2.16. The van der Waals surface area contributed by atoms with Crippen LogP contribution < -0.4 is 5.73 Å². The van der Waals surface area contributed by atoms with Crippen LogP contribution >= 0.6 is 0 Å². The van der Waals surface area contributed by atoms with E-state index in [1.54, 1.807) is 6.26 Å². The maximum absolute atomic E-state index is 5.73. The third-order valence-corrected chi connectivity index (χ3v) is 3.27. The maximum atomic E-state index is 5.73. The lowest BCUT2D eigenvalue weighted by Crippen LogP contribution is -2.14. The quantitative estimate of drug-likeness (QED) is 0.903. The molecular formula is C14H19N3O. The molecule has 0 aliphatic carbocycles. The highest BCUT2D eigenvalue weighted by atomic mass is 16.3. The molecule has 4 nitrogen and oxygen atoms in total. The van der Waals surface area contributed by atoms with Gasteiger partial charge in [0.1, 0.15) is 5.76 Å². The molecule has 0 radical (unpaired) electrons. The van der Waals surface area contributed by atoms with Gasteiger partial charge in [0.25, 0.3) is 0 Å². The number of rotatable bonds is 3. The summed E-state index contributed by atoms with van der Waals surface area (Å²) < 4.78 is 5.30. The summed E-state index contributed by atoms with van der Waals surface area (Å²) in [6.07, 6.45) is 1.66. The van der Waals surface area contributed by atoms with Gasteiger partial charge in [-0.05, 0) is 44.9 Å². The molecule has 18 heavy (non-hydrogen) atoms. The van der Waals surface area contributed by atoms with Crippen LogP contribution in [0, 0.1) is 20.8 Å². The SMILES string of the molecule is Cc1nc(-c2ccoc2C)nc(C)c1C(C)CN. The van der Waals surface area contributed by atoms with Crippen molar-refractivity contribution in [2.24, 2.45) is 5.73 Å². The molecule has 2 heterocycles. The number of hydrogen-bond acceptors (Lipinski definition) is 4. The van der Waals surface area contributed by atoms with Crippen LogP contribution in [0.1, 0.15) is 35.6 Å². The summed E-state index contributed by atoms with van der Waals surface area (Å²) in [6, 6.07) is 1.90. The molecule has 2 aromatic rings. The second kappa shape index (κ2) is 4.90. The van der Waals surface area contributed by atoms with E-state index >= 15 is 0 Å². The average molecular weight is 245 g/mol. The third-order valence-electron chi connectivity index (χ3n) is 3.27. The lowest BCUT2D eigenvalue weighted by Gasteiger charge is -2.15. The van der Waals surface area contributed by atoms with Crippen molar-refractivity contribution in [3.05, 3.63) is 35.0 Å². The summed E-state index contributed by atoms with van der Waals surface area (Å²) in [5.41, 5.74) is 9.83. The molecule has 0 aliphatic heterocycles. The summed E-state index contributed by atoms with van der Waals surface area (Å²) in [5, 5.41) is 0. The largest absolute Gasteiger partial charge is 0.469 e. The molecule has 1 atom stereocenters. The highest BCUT2D eigenvalue weighted by molar-refractivity contribution is 5.57. The molecule has 0 aliphatic rings. The van der Waals surface area contributed by atoms with E-state index < -0.39 is 0 Å². The summed E-state index contributed by atoms with van der Waals surface area (Å²) >= 11 is 0. The number of nitrogens with zero attached hydrogens (tertiary/aromatic N) is 2. The van der Waals surface area contributed by atoms with Crippen molar-refractivity contribution in [2.75, 3.05) is 6.54 Å². The minimum Gasteiger partial charge on any atom is -0.469 e. The highest BCUT2D eigenvalue weighted by Gasteiger charge is 2.16. The first-order valence-electron chi connectivity index (χ1n) is 6.14. The van der Waals surface area contributed by atoms with Gasteiger partial charge in [-0.15, -0.1) is 0 Å². The molecule has 0 amide bonds. The Morgan fingerprint density at radius 3 is 2.28 bits per heavy atom. The Morgan fingerprint density at radius 1 is 1.22 bits per heavy atom. The molecule has 0 fully saturated rings. The van der Waals surface area contributed by atoms with Crippen LogP contribution in [0.25, 0.3) is 11.4 Å². The van der Waals surface area contributed by atoms with Gasteiger partial charge in [-0.25, -0.2) is 9.97 Å². The van der Waals surface area contributed by atoms with Gasteiger partial charge in [-0.3, -0.25) is 0 Å². The Kier molecular flexibility index (Phi) is 3.48. The Hall–Kier alpha value is -1.68. The Balaban J connectivity index is 2.52.